The van der Waals surface area contributed by atoms with Crippen LogP contribution in [0.4, 0.5) is 0 Å². The number of carbonyl (C=O) groups excluding carboxylic acids is 4. The van der Waals surface area contributed by atoms with Crippen LogP contribution in [-0.4, -0.2) is 29.6 Å². The Morgan fingerprint density at radius 3 is 2.09 bits per heavy atom. The van der Waals surface area contributed by atoms with E-state index < -0.39 is 23.8 Å². The second-order valence-corrected chi connectivity index (χ2v) is 7.15. The molecule has 0 aromatic heterocycles. The zero-order valence-electron chi connectivity index (χ0n) is 17.4. The number of hydrogen-bond acceptors (Lipinski definition) is 5. The average molecular weight is 430 g/mol. The zero-order valence-corrected chi connectivity index (χ0v) is 17.4. The molecule has 2 amide bonds. The van der Waals surface area contributed by atoms with Gasteiger partial charge in [0.25, 0.3) is 5.91 Å². The van der Waals surface area contributed by atoms with Gasteiger partial charge in [-0.05, 0) is 23.8 Å². The largest absolute Gasteiger partial charge is 0.427 e. The molecule has 32 heavy (non-hydrogen) atoms. The highest BCUT2D eigenvalue weighted by atomic mass is 16.5. The van der Waals surface area contributed by atoms with Gasteiger partial charge in [-0.3, -0.25) is 19.2 Å². The quantitative estimate of drug-likeness (QED) is 0.324. The van der Waals surface area contributed by atoms with E-state index in [-0.39, 0.29) is 23.5 Å². The Bertz CT molecular complexity index is 1140. The normalized spacial score (nSPS) is 11.3. The predicted octanol–water partition coefficient (Wildman–Crippen LogP) is 2.67. The highest BCUT2D eigenvalue weighted by molar-refractivity contribution is 6.09. The number of benzene rings is 3. The monoisotopic (exact) mass is 430 g/mol. The van der Waals surface area contributed by atoms with Crippen LogP contribution in [0.1, 0.15) is 38.8 Å². The van der Waals surface area contributed by atoms with Crippen LogP contribution in [0.5, 0.6) is 5.75 Å². The Labute approximate surface area is 185 Å². The average Bonchev–Trinajstić information content (AvgIpc) is 2.79. The zero-order chi connectivity index (χ0) is 23.1. The molecule has 3 aromatic rings. The minimum absolute atomic E-state index is 0.107. The number of hydrogen-bond donors (Lipinski definition) is 2. The number of nitrogens with one attached hydrogen (secondary N) is 1. The van der Waals surface area contributed by atoms with Crippen molar-refractivity contribution in [1.29, 1.82) is 0 Å². The van der Waals surface area contributed by atoms with Crippen LogP contribution in [0.25, 0.3) is 0 Å². The molecule has 0 heterocycles. The second-order valence-electron chi connectivity index (χ2n) is 7.15. The van der Waals surface area contributed by atoms with Gasteiger partial charge >= 0.3 is 5.97 Å². The smallest absolute Gasteiger partial charge is 0.308 e. The van der Waals surface area contributed by atoms with E-state index >= 15 is 0 Å². The van der Waals surface area contributed by atoms with Crippen LogP contribution in [-0.2, 0) is 16.0 Å². The van der Waals surface area contributed by atoms with Crippen LogP contribution < -0.4 is 15.8 Å². The molecule has 0 fully saturated rings. The third-order valence-electron chi connectivity index (χ3n) is 4.70. The molecule has 1 atom stereocenters. The molecule has 162 valence electrons. The number of ketones is 1. The van der Waals surface area contributed by atoms with Crippen molar-refractivity contribution in [3.63, 3.8) is 0 Å². The topological polar surface area (TPSA) is 116 Å². The van der Waals surface area contributed by atoms with Crippen LogP contribution in [0, 0.1) is 0 Å². The summed E-state index contributed by atoms with van der Waals surface area (Å²) in [5, 5.41) is 2.60. The maximum absolute atomic E-state index is 12.6. The summed E-state index contributed by atoms with van der Waals surface area (Å²) in [6, 6.07) is 20.8. The first-order valence-corrected chi connectivity index (χ1v) is 9.91. The van der Waals surface area contributed by atoms with Gasteiger partial charge in [0.2, 0.25) is 5.91 Å². The molecule has 0 saturated carbocycles. The lowest BCUT2D eigenvalue weighted by molar-refractivity contribution is -0.131. The van der Waals surface area contributed by atoms with E-state index in [0.717, 1.165) is 5.56 Å². The maximum Gasteiger partial charge on any atom is 0.308 e. The molecule has 7 heteroatoms. The first-order chi connectivity index (χ1) is 15.3. The van der Waals surface area contributed by atoms with Gasteiger partial charge in [0.15, 0.2) is 5.78 Å². The maximum atomic E-state index is 12.6. The number of amides is 2. The standard InChI is InChI=1S/C25H22N2O5/c1-16(28)32-21-9-5-8-20(15-21)25(31)27-22(24(26)30)14-17-10-12-19(13-11-17)23(29)18-6-3-2-4-7-18/h2-13,15,22H,14H2,1H3,(H2,26,30)(H,27,31)/t22-/m0/s1. The van der Waals surface area contributed by atoms with Crippen molar-refractivity contribution in [3.05, 3.63) is 101 Å². The molecule has 3 aromatic carbocycles. The third-order valence-corrected chi connectivity index (χ3v) is 4.70. The Kier molecular flexibility index (Phi) is 7.13. The SMILES string of the molecule is CC(=O)Oc1cccc(C(=O)N[C@@H](Cc2ccc(C(=O)c3ccccc3)cc2)C(N)=O)c1. The van der Waals surface area contributed by atoms with Gasteiger partial charge in [0, 0.05) is 30.0 Å². The predicted molar refractivity (Wildman–Crippen MR) is 118 cm³/mol. The molecule has 0 radical (unpaired) electrons. The molecular weight excluding hydrogens is 408 g/mol. The summed E-state index contributed by atoms with van der Waals surface area (Å²) in [5.41, 5.74) is 7.53. The highest BCUT2D eigenvalue weighted by Crippen LogP contribution is 2.15. The summed E-state index contributed by atoms with van der Waals surface area (Å²) in [7, 11) is 0. The van der Waals surface area contributed by atoms with Crippen molar-refractivity contribution in [2.24, 2.45) is 5.73 Å². The molecule has 7 nitrogen and oxygen atoms in total. The van der Waals surface area contributed by atoms with Crippen molar-refractivity contribution < 1.29 is 23.9 Å². The van der Waals surface area contributed by atoms with Crippen molar-refractivity contribution in [2.75, 3.05) is 0 Å². The van der Waals surface area contributed by atoms with Crippen LogP contribution in [0.2, 0.25) is 0 Å². The van der Waals surface area contributed by atoms with Crippen LogP contribution in [0.15, 0.2) is 78.9 Å². The summed E-state index contributed by atoms with van der Waals surface area (Å²) < 4.78 is 4.98. The number of nitrogens with two attached hydrogens (primary N) is 1. The van der Waals surface area contributed by atoms with E-state index in [1.54, 1.807) is 60.7 Å². The van der Waals surface area contributed by atoms with Gasteiger partial charge < -0.3 is 15.8 Å². The van der Waals surface area contributed by atoms with Gasteiger partial charge in [-0.1, -0.05) is 60.7 Å². The van der Waals surface area contributed by atoms with Crippen LogP contribution >= 0.6 is 0 Å². The van der Waals surface area contributed by atoms with E-state index in [4.69, 9.17) is 10.5 Å². The fourth-order valence-corrected chi connectivity index (χ4v) is 3.12. The van der Waals surface area contributed by atoms with E-state index in [9.17, 15) is 19.2 Å². The summed E-state index contributed by atoms with van der Waals surface area (Å²) in [6.07, 6.45) is 0.157. The van der Waals surface area contributed by atoms with Crippen LogP contribution in [0.3, 0.4) is 0 Å². The first-order valence-electron chi connectivity index (χ1n) is 9.91. The fourth-order valence-electron chi connectivity index (χ4n) is 3.12. The van der Waals surface area contributed by atoms with Gasteiger partial charge in [0.1, 0.15) is 11.8 Å². The number of ether oxygens (including phenoxy) is 1. The molecular formula is C25H22N2O5. The molecule has 3 N–H and O–H groups in total. The van der Waals surface area contributed by atoms with E-state index in [1.165, 1.54) is 19.1 Å². The Morgan fingerprint density at radius 2 is 1.47 bits per heavy atom. The molecule has 0 aliphatic heterocycles. The second kappa shape index (κ2) is 10.2. The summed E-state index contributed by atoms with van der Waals surface area (Å²) in [5.74, 6) is -1.62. The Hall–Kier alpha value is -4.26. The van der Waals surface area contributed by atoms with E-state index in [1.807, 2.05) is 6.07 Å². The van der Waals surface area contributed by atoms with Crippen molar-refractivity contribution in [2.45, 2.75) is 19.4 Å². The minimum atomic E-state index is -0.962. The fraction of sp³-hybridized carbons (Fsp3) is 0.120. The summed E-state index contributed by atoms with van der Waals surface area (Å²) in [6.45, 7) is 1.26. The molecule has 0 saturated heterocycles. The summed E-state index contributed by atoms with van der Waals surface area (Å²) >= 11 is 0. The third kappa shape index (κ3) is 5.89. The molecule has 0 unspecified atom stereocenters. The number of carbonyl (C=O) groups is 4. The first kappa shape index (κ1) is 22.4. The minimum Gasteiger partial charge on any atom is -0.427 e. The van der Waals surface area contributed by atoms with E-state index in [0.29, 0.717) is 11.1 Å². The number of primary amides is 1. The summed E-state index contributed by atoms with van der Waals surface area (Å²) in [4.78, 5) is 48.1. The molecule has 3 rings (SSSR count). The Balaban J connectivity index is 1.69. The highest BCUT2D eigenvalue weighted by Gasteiger charge is 2.20. The van der Waals surface area contributed by atoms with Gasteiger partial charge in [-0.2, -0.15) is 0 Å². The van der Waals surface area contributed by atoms with E-state index in [2.05, 4.69) is 5.32 Å². The molecule has 0 aliphatic carbocycles. The van der Waals surface area contributed by atoms with Crippen molar-refractivity contribution in [3.8, 4) is 5.75 Å². The lowest BCUT2D eigenvalue weighted by Crippen LogP contribution is -2.45. The van der Waals surface area contributed by atoms with Gasteiger partial charge in [-0.15, -0.1) is 0 Å². The molecule has 0 spiro atoms. The lowest BCUT2D eigenvalue weighted by atomic mass is 9.99. The number of esters is 1. The number of rotatable bonds is 8. The lowest BCUT2D eigenvalue weighted by Gasteiger charge is -2.16. The van der Waals surface area contributed by atoms with Crippen molar-refractivity contribution in [1.82, 2.24) is 5.32 Å². The molecule has 0 aliphatic rings. The molecule has 0 bridgehead atoms. The Morgan fingerprint density at radius 1 is 0.844 bits per heavy atom. The van der Waals surface area contributed by atoms with Gasteiger partial charge in [-0.25, -0.2) is 0 Å². The van der Waals surface area contributed by atoms with Gasteiger partial charge in [0.05, 0.1) is 0 Å². The van der Waals surface area contributed by atoms with Crippen molar-refractivity contribution >= 4 is 23.6 Å².